The Hall–Kier alpha value is -0.860. The predicted octanol–water partition coefficient (Wildman–Crippen LogP) is 4.22. The third-order valence-corrected chi connectivity index (χ3v) is 5.06. The molecule has 1 saturated heterocycles. The van der Waals surface area contributed by atoms with E-state index in [2.05, 4.69) is 62.9 Å². The van der Waals surface area contributed by atoms with Crippen molar-refractivity contribution < 1.29 is 0 Å². The first-order valence-corrected chi connectivity index (χ1v) is 8.33. The number of likely N-dealkylation sites (tertiary alicyclic amines) is 1. The van der Waals surface area contributed by atoms with E-state index in [1.807, 2.05) is 0 Å². The van der Waals surface area contributed by atoms with Gasteiger partial charge in [0, 0.05) is 12.6 Å². The van der Waals surface area contributed by atoms with E-state index in [1.54, 1.807) is 0 Å². The van der Waals surface area contributed by atoms with Crippen molar-refractivity contribution in [2.45, 2.75) is 53.0 Å². The van der Waals surface area contributed by atoms with Crippen molar-refractivity contribution >= 4 is 0 Å². The van der Waals surface area contributed by atoms with Gasteiger partial charge in [0.2, 0.25) is 0 Å². The largest absolute Gasteiger partial charge is 0.323 e. The summed E-state index contributed by atoms with van der Waals surface area (Å²) in [6, 6.07) is 10.6. The Kier molecular flexibility index (Phi) is 5.11. The van der Waals surface area contributed by atoms with E-state index < -0.39 is 0 Å². The van der Waals surface area contributed by atoms with E-state index in [0.29, 0.717) is 5.41 Å². The lowest BCUT2D eigenvalue weighted by Crippen LogP contribution is -2.41. The molecule has 118 valence electrons. The molecule has 1 aromatic rings. The van der Waals surface area contributed by atoms with Crippen molar-refractivity contribution in [1.29, 1.82) is 0 Å². The van der Waals surface area contributed by atoms with Gasteiger partial charge in [-0.1, -0.05) is 58.0 Å². The summed E-state index contributed by atoms with van der Waals surface area (Å²) in [6.07, 6.45) is 3.95. The molecule has 21 heavy (non-hydrogen) atoms. The first kappa shape index (κ1) is 16.5. The fourth-order valence-electron chi connectivity index (χ4n) is 3.42. The van der Waals surface area contributed by atoms with Gasteiger partial charge in [-0.25, -0.2) is 0 Å². The van der Waals surface area contributed by atoms with Gasteiger partial charge in [0.15, 0.2) is 0 Å². The third-order valence-electron chi connectivity index (χ3n) is 5.06. The number of benzene rings is 1. The summed E-state index contributed by atoms with van der Waals surface area (Å²) in [5.41, 5.74) is 8.40. The highest BCUT2D eigenvalue weighted by Crippen LogP contribution is 2.35. The van der Waals surface area contributed by atoms with E-state index in [9.17, 15) is 0 Å². The van der Waals surface area contributed by atoms with Crippen molar-refractivity contribution in [2.24, 2.45) is 16.6 Å². The first-order chi connectivity index (χ1) is 9.80. The summed E-state index contributed by atoms with van der Waals surface area (Å²) in [4.78, 5) is 2.62. The second-order valence-corrected chi connectivity index (χ2v) is 8.17. The lowest BCUT2D eigenvalue weighted by molar-refractivity contribution is 0.152. The van der Waals surface area contributed by atoms with Crippen molar-refractivity contribution in [3.05, 3.63) is 35.9 Å². The zero-order valence-corrected chi connectivity index (χ0v) is 14.2. The SMILES string of the molecule is CC1(C)CCCN(CC(C)(C)C(N)c2ccccc2)CC1. The molecule has 1 atom stereocenters. The molecule has 1 heterocycles. The standard InChI is InChI=1S/C19H32N2/c1-18(2)11-8-13-21(14-12-18)15-19(3,4)17(20)16-9-6-5-7-10-16/h5-7,9-10,17H,8,11-15,20H2,1-4H3. The van der Waals surface area contributed by atoms with Crippen molar-refractivity contribution in [3.63, 3.8) is 0 Å². The maximum atomic E-state index is 6.56. The molecule has 0 spiro atoms. The monoisotopic (exact) mass is 288 g/mol. The molecule has 1 aliphatic heterocycles. The maximum absolute atomic E-state index is 6.56. The van der Waals surface area contributed by atoms with E-state index in [0.717, 1.165) is 6.54 Å². The first-order valence-electron chi connectivity index (χ1n) is 8.33. The Balaban J connectivity index is 2.00. The van der Waals surface area contributed by atoms with Crippen LogP contribution in [-0.4, -0.2) is 24.5 Å². The lowest BCUT2D eigenvalue weighted by Gasteiger charge is -2.37. The summed E-state index contributed by atoms with van der Waals surface area (Å²) in [6.45, 7) is 12.9. The summed E-state index contributed by atoms with van der Waals surface area (Å²) in [5.74, 6) is 0. The van der Waals surface area contributed by atoms with Crippen LogP contribution in [0.1, 0.15) is 58.6 Å². The average Bonchev–Trinajstić information content (AvgIpc) is 2.60. The maximum Gasteiger partial charge on any atom is 0.0359 e. The van der Waals surface area contributed by atoms with Crippen molar-refractivity contribution in [3.8, 4) is 0 Å². The van der Waals surface area contributed by atoms with Crippen LogP contribution in [0.3, 0.4) is 0 Å². The van der Waals surface area contributed by atoms with E-state index in [4.69, 9.17) is 5.73 Å². The normalized spacial score (nSPS) is 21.8. The van der Waals surface area contributed by atoms with Crippen LogP contribution in [0.4, 0.5) is 0 Å². The van der Waals surface area contributed by atoms with Gasteiger partial charge in [0.1, 0.15) is 0 Å². The molecule has 0 aromatic heterocycles. The Morgan fingerprint density at radius 1 is 1.14 bits per heavy atom. The highest BCUT2D eigenvalue weighted by Gasteiger charge is 2.31. The number of nitrogens with zero attached hydrogens (tertiary/aromatic N) is 1. The molecule has 0 aliphatic carbocycles. The summed E-state index contributed by atoms with van der Waals surface area (Å²) < 4.78 is 0. The molecule has 1 aromatic carbocycles. The summed E-state index contributed by atoms with van der Waals surface area (Å²) >= 11 is 0. The van der Waals surface area contributed by atoms with Gasteiger partial charge in [0.05, 0.1) is 0 Å². The molecular weight excluding hydrogens is 256 g/mol. The molecular formula is C19H32N2. The molecule has 1 unspecified atom stereocenters. The quantitative estimate of drug-likeness (QED) is 0.898. The highest BCUT2D eigenvalue weighted by atomic mass is 15.1. The smallest absolute Gasteiger partial charge is 0.0359 e. The Morgan fingerprint density at radius 3 is 2.48 bits per heavy atom. The lowest BCUT2D eigenvalue weighted by atomic mass is 9.80. The number of hydrogen-bond donors (Lipinski definition) is 1. The summed E-state index contributed by atoms with van der Waals surface area (Å²) in [7, 11) is 0. The van der Waals surface area contributed by atoms with Crippen LogP contribution in [0, 0.1) is 10.8 Å². The number of hydrogen-bond acceptors (Lipinski definition) is 2. The van der Waals surface area contributed by atoms with E-state index in [-0.39, 0.29) is 11.5 Å². The van der Waals surface area contributed by atoms with Crippen LogP contribution < -0.4 is 5.73 Å². The van der Waals surface area contributed by atoms with Crippen LogP contribution in [-0.2, 0) is 0 Å². The van der Waals surface area contributed by atoms with Crippen LogP contribution in [0.15, 0.2) is 30.3 Å². The third kappa shape index (κ3) is 4.55. The fourth-order valence-corrected chi connectivity index (χ4v) is 3.42. The zero-order chi connectivity index (χ0) is 15.5. The van der Waals surface area contributed by atoms with Crippen LogP contribution in [0.2, 0.25) is 0 Å². The van der Waals surface area contributed by atoms with Crippen LogP contribution in [0.25, 0.3) is 0 Å². The molecule has 0 bridgehead atoms. The second-order valence-electron chi connectivity index (χ2n) is 8.17. The molecule has 2 rings (SSSR count). The van der Waals surface area contributed by atoms with Gasteiger partial charge in [-0.15, -0.1) is 0 Å². The van der Waals surface area contributed by atoms with E-state index in [1.165, 1.54) is 37.9 Å². The Morgan fingerprint density at radius 2 is 1.81 bits per heavy atom. The molecule has 0 saturated carbocycles. The summed E-state index contributed by atoms with van der Waals surface area (Å²) in [5, 5.41) is 0. The Bertz CT molecular complexity index is 436. The number of nitrogens with two attached hydrogens (primary N) is 1. The topological polar surface area (TPSA) is 29.3 Å². The minimum atomic E-state index is 0.0926. The van der Waals surface area contributed by atoms with Gasteiger partial charge >= 0.3 is 0 Å². The predicted molar refractivity (Wildman–Crippen MR) is 91.2 cm³/mol. The van der Waals surface area contributed by atoms with Gasteiger partial charge in [-0.05, 0) is 48.7 Å². The highest BCUT2D eigenvalue weighted by molar-refractivity contribution is 5.20. The molecule has 2 N–H and O–H groups in total. The zero-order valence-electron chi connectivity index (χ0n) is 14.2. The minimum Gasteiger partial charge on any atom is -0.323 e. The van der Waals surface area contributed by atoms with E-state index >= 15 is 0 Å². The fraction of sp³-hybridized carbons (Fsp3) is 0.684. The van der Waals surface area contributed by atoms with Crippen LogP contribution >= 0.6 is 0 Å². The van der Waals surface area contributed by atoms with Gasteiger partial charge in [-0.2, -0.15) is 0 Å². The van der Waals surface area contributed by atoms with Gasteiger partial charge in [0.25, 0.3) is 0 Å². The van der Waals surface area contributed by atoms with Crippen molar-refractivity contribution in [2.75, 3.05) is 19.6 Å². The molecule has 1 aliphatic rings. The van der Waals surface area contributed by atoms with Crippen LogP contribution in [0.5, 0.6) is 0 Å². The number of rotatable bonds is 4. The molecule has 2 nitrogen and oxygen atoms in total. The Labute approximate surface area is 130 Å². The molecule has 0 amide bonds. The molecule has 0 radical (unpaired) electrons. The van der Waals surface area contributed by atoms with Gasteiger partial charge < -0.3 is 10.6 Å². The van der Waals surface area contributed by atoms with Crippen molar-refractivity contribution in [1.82, 2.24) is 4.90 Å². The minimum absolute atomic E-state index is 0.0926. The average molecular weight is 288 g/mol. The molecule has 2 heteroatoms. The second kappa shape index (κ2) is 6.50. The molecule has 1 fully saturated rings. The van der Waals surface area contributed by atoms with Gasteiger partial charge in [-0.3, -0.25) is 0 Å².